The van der Waals surface area contributed by atoms with Gasteiger partial charge in [0.05, 0.1) is 11.0 Å². The molecule has 1 aromatic rings. The highest BCUT2D eigenvalue weighted by molar-refractivity contribution is 5.39. The second-order valence-corrected chi connectivity index (χ2v) is 5.13. The molecule has 0 amide bonds. The third kappa shape index (κ3) is 3.33. The molecule has 0 aromatic heterocycles. The summed E-state index contributed by atoms with van der Waals surface area (Å²) in [6, 6.07) is 7.11. The van der Waals surface area contributed by atoms with Gasteiger partial charge >= 0.3 is 0 Å². The van der Waals surface area contributed by atoms with Crippen molar-refractivity contribution in [3.63, 3.8) is 0 Å². The zero-order valence-corrected chi connectivity index (χ0v) is 11.7. The second kappa shape index (κ2) is 6.78. The van der Waals surface area contributed by atoms with Crippen molar-refractivity contribution in [2.75, 3.05) is 20.2 Å². The molecule has 6 nitrogen and oxygen atoms in total. The summed E-state index contributed by atoms with van der Waals surface area (Å²) < 4.78 is 5.39. The predicted octanol–water partition coefficient (Wildman–Crippen LogP) is 1.53. The lowest BCUT2D eigenvalue weighted by atomic mass is 9.98. The van der Waals surface area contributed by atoms with Crippen LogP contribution in [0, 0.1) is 10.1 Å². The number of rotatable bonds is 5. The summed E-state index contributed by atoms with van der Waals surface area (Å²) in [5.74, 6) is 0. The van der Waals surface area contributed by atoms with Crippen LogP contribution in [-0.2, 0) is 11.3 Å². The molecule has 2 N–H and O–H groups in total. The molecule has 0 bridgehead atoms. The van der Waals surface area contributed by atoms with Gasteiger partial charge in [0.15, 0.2) is 0 Å². The Labute approximate surface area is 118 Å². The molecule has 2 rings (SSSR count). The average Bonchev–Trinajstić information content (AvgIpc) is 2.48. The minimum Gasteiger partial charge on any atom is -0.381 e. The van der Waals surface area contributed by atoms with Gasteiger partial charge in [-0.2, -0.15) is 0 Å². The van der Waals surface area contributed by atoms with Crippen LogP contribution in [-0.4, -0.2) is 42.2 Å². The first kappa shape index (κ1) is 14.9. The van der Waals surface area contributed by atoms with Crippen LogP contribution >= 0.6 is 0 Å². The van der Waals surface area contributed by atoms with E-state index in [9.17, 15) is 10.1 Å². The fourth-order valence-electron chi connectivity index (χ4n) is 2.77. The lowest BCUT2D eigenvalue weighted by Crippen LogP contribution is -2.48. The second-order valence-electron chi connectivity index (χ2n) is 5.13. The SMILES string of the molecule is COC1CCN(Cc2ccccc2[N+](=O)[O-])C(CN)C1. The molecule has 2 atom stereocenters. The quantitative estimate of drug-likeness (QED) is 0.653. The lowest BCUT2D eigenvalue weighted by molar-refractivity contribution is -0.385. The zero-order valence-electron chi connectivity index (χ0n) is 11.7. The number of hydrogen-bond acceptors (Lipinski definition) is 5. The number of hydrogen-bond donors (Lipinski definition) is 1. The molecule has 1 heterocycles. The number of nitro groups is 1. The number of nitrogens with zero attached hydrogens (tertiary/aromatic N) is 2. The van der Waals surface area contributed by atoms with Crippen LogP contribution in [0.3, 0.4) is 0 Å². The first-order chi connectivity index (χ1) is 9.65. The van der Waals surface area contributed by atoms with E-state index in [0.717, 1.165) is 24.9 Å². The van der Waals surface area contributed by atoms with Crippen molar-refractivity contribution in [3.8, 4) is 0 Å². The Morgan fingerprint density at radius 1 is 1.50 bits per heavy atom. The molecule has 1 saturated heterocycles. The van der Waals surface area contributed by atoms with Gasteiger partial charge in [0.2, 0.25) is 0 Å². The molecule has 20 heavy (non-hydrogen) atoms. The molecule has 1 fully saturated rings. The third-order valence-corrected chi connectivity index (χ3v) is 3.96. The summed E-state index contributed by atoms with van der Waals surface area (Å²) in [5, 5.41) is 11.1. The molecule has 0 saturated carbocycles. The Balaban J connectivity index is 2.11. The minimum atomic E-state index is -0.325. The van der Waals surface area contributed by atoms with Gasteiger partial charge in [-0.1, -0.05) is 18.2 Å². The normalized spacial score (nSPS) is 23.7. The zero-order chi connectivity index (χ0) is 14.5. The van der Waals surface area contributed by atoms with Crippen molar-refractivity contribution < 1.29 is 9.66 Å². The number of likely N-dealkylation sites (tertiary alicyclic amines) is 1. The van der Waals surface area contributed by atoms with Crippen LogP contribution in [0.4, 0.5) is 5.69 Å². The van der Waals surface area contributed by atoms with E-state index < -0.39 is 0 Å². The van der Waals surface area contributed by atoms with Crippen molar-refractivity contribution in [1.82, 2.24) is 4.90 Å². The molecule has 0 aliphatic carbocycles. The summed E-state index contributed by atoms with van der Waals surface area (Å²) in [6.45, 7) is 1.96. The summed E-state index contributed by atoms with van der Waals surface area (Å²) in [7, 11) is 1.72. The van der Waals surface area contributed by atoms with Crippen LogP contribution in [0.15, 0.2) is 24.3 Å². The van der Waals surface area contributed by atoms with Crippen molar-refractivity contribution in [3.05, 3.63) is 39.9 Å². The first-order valence-electron chi connectivity index (χ1n) is 6.85. The van der Waals surface area contributed by atoms with Crippen molar-refractivity contribution >= 4 is 5.69 Å². The van der Waals surface area contributed by atoms with E-state index in [0.29, 0.717) is 13.1 Å². The van der Waals surface area contributed by atoms with Crippen molar-refractivity contribution in [2.24, 2.45) is 5.73 Å². The monoisotopic (exact) mass is 279 g/mol. The number of nitrogens with two attached hydrogens (primary N) is 1. The molecule has 1 aliphatic heterocycles. The van der Waals surface area contributed by atoms with Crippen molar-refractivity contribution in [2.45, 2.75) is 31.5 Å². The fourth-order valence-corrected chi connectivity index (χ4v) is 2.77. The fraction of sp³-hybridized carbons (Fsp3) is 0.571. The maximum Gasteiger partial charge on any atom is 0.273 e. The summed E-state index contributed by atoms with van der Waals surface area (Å²) in [5.41, 5.74) is 6.75. The number of para-hydroxylation sites is 1. The molecule has 110 valence electrons. The molecular formula is C14H21N3O3. The Morgan fingerprint density at radius 2 is 2.25 bits per heavy atom. The molecule has 0 spiro atoms. The Morgan fingerprint density at radius 3 is 2.90 bits per heavy atom. The lowest BCUT2D eigenvalue weighted by Gasteiger charge is -2.38. The van der Waals surface area contributed by atoms with Gasteiger partial charge in [0.1, 0.15) is 0 Å². The molecule has 0 radical (unpaired) electrons. The number of ether oxygens (including phenoxy) is 1. The number of piperidine rings is 1. The van der Waals surface area contributed by atoms with E-state index in [1.165, 1.54) is 0 Å². The largest absolute Gasteiger partial charge is 0.381 e. The van der Waals surface area contributed by atoms with E-state index in [1.54, 1.807) is 19.2 Å². The van der Waals surface area contributed by atoms with Crippen LogP contribution in [0.1, 0.15) is 18.4 Å². The number of benzene rings is 1. The smallest absolute Gasteiger partial charge is 0.273 e. The van der Waals surface area contributed by atoms with E-state index in [2.05, 4.69) is 4.90 Å². The Bertz CT molecular complexity index is 467. The highest BCUT2D eigenvalue weighted by Gasteiger charge is 2.28. The number of methoxy groups -OCH3 is 1. The molecular weight excluding hydrogens is 258 g/mol. The maximum absolute atomic E-state index is 11.1. The van der Waals surface area contributed by atoms with E-state index in [-0.39, 0.29) is 22.8 Å². The van der Waals surface area contributed by atoms with Gasteiger partial charge in [0.25, 0.3) is 5.69 Å². The average molecular weight is 279 g/mol. The van der Waals surface area contributed by atoms with Gasteiger partial charge in [-0.25, -0.2) is 0 Å². The molecule has 6 heteroatoms. The minimum absolute atomic E-state index is 0.178. The summed E-state index contributed by atoms with van der Waals surface area (Å²) in [4.78, 5) is 13.0. The topological polar surface area (TPSA) is 81.6 Å². The van der Waals surface area contributed by atoms with E-state index in [1.807, 2.05) is 12.1 Å². The Hall–Kier alpha value is -1.50. The summed E-state index contributed by atoms with van der Waals surface area (Å²) >= 11 is 0. The predicted molar refractivity (Wildman–Crippen MR) is 76.4 cm³/mol. The highest BCUT2D eigenvalue weighted by Crippen LogP contribution is 2.25. The van der Waals surface area contributed by atoms with Crippen LogP contribution in [0.25, 0.3) is 0 Å². The standard InChI is InChI=1S/C14H21N3O3/c1-20-13-6-7-16(12(8-13)9-15)10-11-4-2-3-5-14(11)17(18)19/h2-5,12-13H,6-10,15H2,1H3. The maximum atomic E-state index is 11.1. The number of nitro benzene ring substituents is 1. The van der Waals surface area contributed by atoms with Gasteiger partial charge in [-0.15, -0.1) is 0 Å². The Kier molecular flexibility index (Phi) is 5.05. The van der Waals surface area contributed by atoms with Crippen LogP contribution < -0.4 is 5.73 Å². The van der Waals surface area contributed by atoms with Gasteiger partial charge < -0.3 is 10.5 Å². The van der Waals surface area contributed by atoms with Crippen LogP contribution in [0.2, 0.25) is 0 Å². The highest BCUT2D eigenvalue weighted by atomic mass is 16.6. The molecule has 2 unspecified atom stereocenters. The van der Waals surface area contributed by atoms with Gasteiger partial charge in [-0.3, -0.25) is 15.0 Å². The van der Waals surface area contributed by atoms with Crippen LogP contribution in [0.5, 0.6) is 0 Å². The molecule has 1 aliphatic rings. The van der Waals surface area contributed by atoms with Gasteiger partial charge in [0, 0.05) is 44.4 Å². The third-order valence-electron chi connectivity index (χ3n) is 3.96. The van der Waals surface area contributed by atoms with Crippen molar-refractivity contribution in [1.29, 1.82) is 0 Å². The molecule has 1 aromatic carbocycles. The van der Waals surface area contributed by atoms with Gasteiger partial charge in [-0.05, 0) is 12.8 Å². The van der Waals surface area contributed by atoms with E-state index >= 15 is 0 Å². The first-order valence-corrected chi connectivity index (χ1v) is 6.85. The van der Waals surface area contributed by atoms with E-state index in [4.69, 9.17) is 10.5 Å². The summed E-state index contributed by atoms with van der Waals surface area (Å²) in [6.07, 6.45) is 2.06.